The van der Waals surface area contributed by atoms with Crippen molar-refractivity contribution in [2.75, 3.05) is 31.6 Å². The maximum atomic E-state index is 12.8. The standard InChI is InChI=1S/C19H27N5O/c1-5-6-9-23(4)19(25)17-21-16-15(13(2)12-14(3)20-16)18(22-17)24-10-7-8-11-24/h12H,5-11H2,1-4H3. The summed E-state index contributed by atoms with van der Waals surface area (Å²) in [4.78, 5) is 30.5. The van der Waals surface area contributed by atoms with Crippen LogP contribution >= 0.6 is 0 Å². The first-order chi connectivity index (χ1) is 12.0. The monoisotopic (exact) mass is 341 g/mol. The normalized spacial score (nSPS) is 14.3. The lowest BCUT2D eigenvalue weighted by molar-refractivity contribution is 0.0781. The number of unbranched alkanes of at least 4 members (excludes halogenated alkanes) is 1. The number of aromatic nitrogens is 3. The highest BCUT2D eigenvalue weighted by Gasteiger charge is 2.23. The molecule has 1 fully saturated rings. The lowest BCUT2D eigenvalue weighted by Gasteiger charge is -2.21. The maximum Gasteiger partial charge on any atom is 0.291 e. The van der Waals surface area contributed by atoms with Crippen LogP contribution in [0.4, 0.5) is 5.82 Å². The predicted octanol–water partition coefficient (Wildman–Crippen LogP) is 3.11. The first-order valence-corrected chi connectivity index (χ1v) is 9.17. The molecule has 2 aromatic heterocycles. The molecule has 3 rings (SSSR count). The van der Waals surface area contributed by atoms with Gasteiger partial charge in [-0.3, -0.25) is 4.79 Å². The van der Waals surface area contributed by atoms with Gasteiger partial charge in [0.1, 0.15) is 5.82 Å². The summed E-state index contributed by atoms with van der Waals surface area (Å²) in [7, 11) is 1.82. The first-order valence-electron chi connectivity index (χ1n) is 9.17. The van der Waals surface area contributed by atoms with E-state index in [9.17, 15) is 4.79 Å². The number of hydrogen-bond donors (Lipinski definition) is 0. The Balaban J connectivity index is 2.09. The van der Waals surface area contributed by atoms with Crippen molar-refractivity contribution in [1.82, 2.24) is 19.9 Å². The van der Waals surface area contributed by atoms with Crippen LogP contribution < -0.4 is 4.90 Å². The van der Waals surface area contributed by atoms with Gasteiger partial charge in [0.15, 0.2) is 5.65 Å². The van der Waals surface area contributed by atoms with Crippen molar-refractivity contribution in [3.63, 3.8) is 0 Å². The average Bonchev–Trinajstić information content (AvgIpc) is 3.12. The topological polar surface area (TPSA) is 62.2 Å². The molecular formula is C19H27N5O. The predicted molar refractivity (Wildman–Crippen MR) is 100 cm³/mol. The highest BCUT2D eigenvalue weighted by molar-refractivity contribution is 5.96. The summed E-state index contributed by atoms with van der Waals surface area (Å²) < 4.78 is 0. The van der Waals surface area contributed by atoms with Crippen LogP contribution in [0.15, 0.2) is 6.07 Å². The summed E-state index contributed by atoms with van der Waals surface area (Å²) in [5, 5.41) is 0.972. The zero-order valence-electron chi connectivity index (χ0n) is 15.7. The summed E-state index contributed by atoms with van der Waals surface area (Å²) in [6, 6.07) is 2.06. The molecule has 2 aromatic rings. The Morgan fingerprint density at radius 1 is 1.20 bits per heavy atom. The van der Waals surface area contributed by atoms with E-state index in [-0.39, 0.29) is 11.7 Å². The van der Waals surface area contributed by atoms with Gasteiger partial charge in [0, 0.05) is 32.4 Å². The highest BCUT2D eigenvalue weighted by Crippen LogP contribution is 2.29. The zero-order valence-corrected chi connectivity index (χ0v) is 15.7. The van der Waals surface area contributed by atoms with Crippen LogP contribution in [0, 0.1) is 13.8 Å². The van der Waals surface area contributed by atoms with Gasteiger partial charge in [-0.25, -0.2) is 15.0 Å². The number of hydrogen-bond acceptors (Lipinski definition) is 5. The first kappa shape index (κ1) is 17.6. The van der Waals surface area contributed by atoms with E-state index in [2.05, 4.69) is 39.8 Å². The van der Waals surface area contributed by atoms with Crippen molar-refractivity contribution >= 4 is 22.8 Å². The minimum absolute atomic E-state index is 0.128. The molecule has 3 heterocycles. The number of aryl methyl sites for hydroxylation is 2. The fourth-order valence-corrected chi connectivity index (χ4v) is 3.38. The molecule has 0 aromatic carbocycles. The molecule has 134 valence electrons. The van der Waals surface area contributed by atoms with E-state index in [1.807, 2.05) is 14.0 Å². The third-order valence-corrected chi connectivity index (χ3v) is 4.76. The van der Waals surface area contributed by atoms with Gasteiger partial charge >= 0.3 is 0 Å². The Bertz CT molecular complexity index is 783. The molecular weight excluding hydrogens is 314 g/mol. The number of rotatable bonds is 5. The Morgan fingerprint density at radius 3 is 2.60 bits per heavy atom. The molecule has 0 aliphatic carbocycles. The summed E-state index contributed by atoms with van der Waals surface area (Å²) >= 11 is 0. The van der Waals surface area contributed by atoms with Gasteiger partial charge in [-0.15, -0.1) is 0 Å². The number of anilines is 1. The number of nitrogens with zero attached hydrogens (tertiary/aromatic N) is 5. The van der Waals surface area contributed by atoms with Crippen LogP contribution in [0.5, 0.6) is 0 Å². The Labute approximate surface area is 149 Å². The van der Waals surface area contributed by atoms with Crippen molar-refractivity contribution in [3.05, 3.63) is 23.1 Å². The minimum atomic E-state index is -0.128. The van der Waals surface area contributed by atoms with Crippen LogP contribution in [0.1, 0.15) is 54.5 Å². The summed E-state index contributed by atoms with van der Waals surface area (Å²) in [5.74, 6) is 0.988. The van der Waals surface area contributed by atoms with Gasteiger partial charge in [-0.1, -0.05) is 13.3 Å². The fourth-order valence-electron chi connectivity index (χ4n) is 3.38. The second-order valence-corrected chi connectivity index (χ2v) is 6.92. The van der Waals surface area contributed by atoms with Crippen LogP contribution in [-0.4, -0.2) is 52.4 Å². The lowest BCUT2D eigenvalue weighted by Crippen LogP contribution is -2.30. The van der Waals surface area contributed by atoms with E-state index in [1.165, 1.54) is 0 Å². The SMILES string of the molecule is CCCCN(C)C(=O)c1nc(N2CCCC2)c2c(C)cc(C)nc2n1. The molecule has 1 amide bonds. The molecule has 0 atom stereocenters. The van der Waals surface area contributed by atoms with Gasteiger partial charge in [0.25, 0.3) is 5.91 Å². The summed E-state index contributed by atoms with van der Waals surface area (Å²) in [5.41, 5.74) is 2.65. The van der Waals surface area contributed by atoms with E-state index >= 15 is 0 Å². The van der Waals surface area contributed by atoms with E-state index < -0.39 is 0 Å². The second kappa shape index (κ2) is 7.33. The molecule has 1 aliphatic heterocycles. The molecule has 1 saturated heterocycles. The quantitative estimate of drug-likeness (QED) is 0.836. The Hall–Kier alpha value is -2.24. The molecule has 0 unspecified atom stereocenters. The molecule has 0 spiro atoms. The van der Waals surface area contributed by atoms with Crippen molar-refractivity contribution in [2.24, 2.45) is 0 Å². The largest absolute Gasteiger partial charge is 0.356 e. The summed E-state index contributed by atoms with van der Waals surface area (Å²) in [6.07, 6.45) is 4.34. The molecule has 6 heteroatoms. The maximum absolute atomic E-state index is 12.8. The zero-order chi connectivity index (χ0) is 18.0. The Morgan fingerprint density at radius 2 is 1.92 bits per heavy atom. The Kier molecular flexibility index (Phi) is 5.16. The smallest absolute Gasteiger partial charge is 0.291 e. The van der Waals surface area contributed by atoms with E-state index in [1.54, 1.807) is 4.90 Å². The molecule has 0 bridgehead atoms. The van der Waals surface area contributed by atoms with Crippen molar-refractivity contribution < 1.29 is 4.79 Å². The lowest BCUT2D eigenvalue weighted by atomic mass is 10.1. The van der Waals surface area contributed by atoms with Crippen molar-refractivity contribution in [1.29, 1.82) is 0 Å². The van der Waals surface area contributed by atoms with Gasteiger partial charge < -0.3 is 9.80 Å². The van der Waals surface area contributed by atoms with Crippen LogP contribution in [-0.2, 0) is 0 Å². The molecule has 0 N–H and O–H groups in total. The van der Waals surface area contributed by atoms with Gasteiger partial charge in [0.2, 0.25) is 5.82 Å². The average molecular weight is 341 g/mol. The van der Waals surface area contributed by atoms with Gasteiger partial charge in [-0.05, 0) is 44.7 Å². The molecule has 6 nitrogen and oxygen atoms in total. The number of carbonyl (C=O) groups excluding carboxylic acids is 1. The highest BCUT2D eigenvalue weighted by atomic mass is 16.2. The van der Waals surface area contributed by atoms with Crippen molar-refractivity contribution in [2.45, 2.75) is 46.5 Å². The molecule has 1 aliphatic rings. The van der Waals surface area contributed by atoms with Crippen LogP contribution in [0.25, 0.3) is 11.0 Å². The third kappa shape index (κ3) is 3.57. The third-order valence-electron chi connectivity index (χ3n) is 4.76. The van der Waals surface area contributed by atoms with Crippen LogP contribution in [0.2, 0.25) is 0 Å². The molecule has 0 saturated carbocycles. The van der Waals surface area contributed by atoms with Crippen LogP contribution in [0.3, 0.4) is 0 Å². The minimum Gasteiger partial charge on any atom is -0.356 e. The van der Waals surface area contributed by atoms with Gasteiger partial charge in [0.05, 0.1) is 5.39 Å². The number of amides is 1. The van der Waals surface area contributed by atoms with Gasteiger partial charge in [-0.2, -0.15) is 0 Å². The van der Waals surface area contributed by atoms with E-state index in [0.717, 1.165) is 67.8 Å². The molecule has 25 heavy (non-hydrogen) atoms. The van der Waals surface area contributed by atoms with E-state index in [4.69, 9.17) is 0 Å². The number of fused-ring (bicyclic) bond motifs is 1. The van der Waals surface area contributed by atoms with E-state index in [0.29, 0.717) is 5.65 Å². The molecule has 0 radical (unpaired) electrons. The second-order valence-electron chi connectivity index (χ2n) is 6.92. The summed E-state index contributed by atoms with van der Waals surface area (Å²) in [6.45, 7) is 8.80. The number of carbonyl (C=O) groups is 1. The number of pyridine rings is 1. The fraction of sp³-hybridized carbons (Fsp3) is 0.579. The van der Waals surface area contributed by atoms with Crippen molar-refractivity contribution in [3.8, 4) is 0 Å².